The maximum Gasteiger partial charge on any atom is 0.250 e. The SMILES string of the molecule is O=C1[C@@H]2[C@H]3CCCN3[C@]3(C(=O)Nc4c(Cl)cccc43)[C@H]2C(=O)N1c1ccc(Cl)cc1. The average Bonchev–Trinajstić information content (AvgIpc) is 3.42. The van der Waals surface area contributed by atoms with Gasteiger partial charge in [-0.1, -0.05) is 35.3 Å². The van der Waals surface area contributed by atoms with E-state index in [-0.39, 0.29) is 23.8 Å². The molecule has 6 nitrogen and oxygen atoms in total. The highest BCUT2D eigenvalue weighted by Crippen LogP contribution is 2.61. The molecule has 0 aliphatic carbocycles. The van der Waals surface area contributed by atoms with E-state index in [4.69, 9.17) is 23.2 Å². The molecule has 0 saturated carbocycles. The number of hydrogen-bond donors (Lipinski definition) is 1. The fourth-order valence-electron chi connectivity index (χ4n) is 6.04. The Morgan fingerprint density at radius 1 is 1.00 bits per heavy atom. The van der Waals surface area contributed by atoms with E-state index in [1.807, 2.05) is 6.07 Å². The fourth-order valence-corrected chi connectivity index (χ4v) is 6.39. The number of rotatable bonds is 1. The summed E-state index contributed by atoms with van der Waals surface area (Å²) in [7, 11) is 0. The second kappa shape index (κ2) is 6.06. The van der Waals surface area contributed by atoms with Crippen LogP contribution in [-0.2, 0) is 19.9 Å². The number of carbonyl (C=O) groups is 3. The molecule has 4 heterocycles. The number of hydrogen-bond acceptors (Lipinski definition) is 4. The van der Waals surface area contributed by atoms with Crippen molar-refractivity contribution in [2.75, 3.05) is 16.8 Å². The highest BCUT2D eigenvalue weighted by atomic mass is 35.5. The Morgan fingerprint density at radius 3 is 2.53 bits per heavy atom. The summed E-state index contributed by atoms with van der Waals surface area (Å²) in [6.45, 7) is 0.665. The monoisotopic (exact) mass is 441 g/mol. The van der Waals surface area contributed by atoms with Crippen molar-refractivity contribution in [1.29, 1.82) is 0 Å². The number of carbonyl (C=O) groups excluding carboxylic acids is 3. The molecule has 30 heavy (non-hydrogen) atoms. The molecule has 4 atom stereocenters. The molecule has 1 spiro atoms. The van der Waals surface area contributed by atoms with Crippen LogP contribution in [0.5, 0.6) is 0 Å². The molecule has 4 aliphatic heterocycles. The highest BCUT2D eigenvalue weighted by molar-refractivity contribution is 6.35. The number of nitrogens with one attached hydrogen (secondary N) is 1. The Bertz CT molecular complexity index is 1130. The molecular formula is C22H17Cl2N3O3. The first-order valence-corrected chi connectivity index (χ1v) is 10.7. The van der Waals surface area contributed by atoms with Gasteiger partial charge in [0.25, 0.3) is 5.91 Å². The normalized spacial score (nSPS) is 32.0. The molecule has 0 unspecified atom stereocenters. The van der Waals surface area contributed by atoms with Crippen LogP contribution in [0.2, 0.25) is 10.0 Å². The first-order valence-electron chi connectivity index (χ1n) is 9.97. The van der Waals surface area contributed by atoms with E-state index in [1.54, 1.807) is 36.4 Å². The van der Waals surface area contributed by atoms with Gasteiger partial charge in [-0.05, 0) is 49.7 Å². The van der Waals surface area contributed by atoms with Crippen LogP contribution in [0.15, 0.2) is 42.5 Å². The number of nitrogens with zero attached hydrogens (tertiary/aromatic N) is 2. The smallest absolute Gasteiger partial charge is 0.250 e. The first-order chi connectivity index (χ1) is 14.5. The molecule has 0 radical (unpaired) electrons. The molecule has 8 heteroatoms. The number of fused-ring (bicyclic) bond motifs is 7. The summed E-state index contributed by atoms with van der Waals surface area (Å²) >= 11 is 12.4. The van der Waals surface area contributed by atoms with Crippen molar-refractivity contribution in [2.24, 2.45) is 11.8 Å². The Morgan fingerprint density at radius 2 is 1.77 bits per heavy atom. The zero-order valence-electron chi connectivity index (χ0n) is 15.8. The van der Waals surface area contributed by atoms with E-state index in [1.165, 1.54) is 4.90 Å². The summed E-state index contributed by atoms with van der Waals surface area (Å²) in [5.41, 5.74) is 0.507. The van der Waals surface area contributed by atoms with Crippen LogP contribution in [0, 0.1) is 11.8 Å². The number of benzene rings is 2. The quantitative estimate of drug-likeness (QED) is 0.688. The third-order valence-corrected chi connectivity index (χ3v) is 7.63. The van der Waals surface area contributed by atoms with Crippen molar-refractivity contribution >= 4 is 52.3 Å². The second-order valence-electron chi connectivity index (χ2n) is 8.28. The minimum Gasteiger partial charge on any atom is -0.323 e. The zero-order chi connectivity index (χ0) is 20.8. The lowest BCUT2D eigenvalue weighted by atomic mass is 9.75. The molecule has 152 valence electrons. The predicted molar refractivity (Wildman–Crippen MR) is 112 cm³/mol. The van der Waals surface area contributed by atoms with E-state index < -0.39 is 17.4 Å². The van der Waals surface area contributed by atoms with Crippen LogP contribution in [-0.4, -0.2) is 35.2 Å². The van der Waals surface area contributed by atoms with Gasteiger partial charge in [0.2, 0.25) is 11.8 Å². The second-order valence-corrected chi connectivity index (χ2v) is 9.12. The third kappa shape index (κ3) is 2.02. The van der Waals surface area contributed by atoms with E-state index >= 15 is 0 Å². The number of halogens is 2. The maximum absolute atomic E-state index is 13.7. The molecule has 3 fully saturated rings. The molecule has 3 saturated heterocycles. The van der Waals surface area contributed by atoms with Crippen molar-refractivity contribution in [2.45, 2.75) is 24.4 Å². The third-order valence-electron chi connectivity index (χ3n) is 7.06. The van der Waals surface area contributed by atoms with E-state index in [0.717, 1.165) is 12.8 Å². The predicted octanol–water partition coefficient (Wildman–Crippen LogP) is 3.42. The Balaban J connectivity index is 1.56. The van der Waals surface area contributed by atoms with Crippen LogP contribution in [0.3, 0.4) is 0 Å². The Hall–Kier alpha value is -2.41. The van der Waals surface area contributed by atoms with Gasteiger partial charge in [0.1, 0.15) is 5.54 Å². The van der Waals surface area contributed by atoms with Gasteiger partial charge in [-0.3, -0.25) is 19.3 Å². The van der Waals surface area contributed by atoms with Gasteiger partial charge in [0, 0.05) is 16.6 Å². The summed E-state index contributed by atoms with van der Waals surface area (Å²) in [6, 6.07) is 11.8. The van der Waals surface area contributed by atoms with E-state index in [0.29, 0.717) is 33.5 Å². The largest absolute Gasteiger partial charge is 0.323 e. The van der Waals surface area contributed by atoms with Gasteiger partial charge in [0.15, 0.2) is 0 Å². The van der Waals surface area contributed by atoms with Gasteiger partial charge in [-0.25, -0.2) is 4.90 Å². The first kappa shape index (κ1) is 18.4. The number of amides is 3. The molecular weight excluding hydrogens is 425 g/mol. The summed E-state index contributed by atoms with van der Waals surface area (Å²) < 4.78 is 0. The lowest BCUT2D eigenvalue weighted by Crippen LogP contribution is -2.54. The summed E-state index contributed by atoms with van der Waals surface area (Å²) in [4.78, 5) is 44.1. The minimum atomic E-state index is -1.21. The fraction of sp³-hybridized carbons (Fsp3) is 0.318. The molecule has 2 aromatic carbocycles. The van der Waals surface area contributed by atoms with E-state index in [2.05, 4.69) is 10.2 Å². The number of imide groups is 1. The van der Waals surface area contributed by atoms with Crippen molar-refractivity contribution in [1.82, 2.24) is 4.90 Å². The van der Waals surface area contributed by atoms with Gasteiger partial charge in [-0.2, -0.15) is 0 Å². The topological polar surface area (TPSA) is 69.7 Å². The van der Waals surface area contributed by atoms with Crippen LogP contribution >= 0.6 is 23.2 Å². The van der Waals surface area contributed by atoms with Crippen LogP contribution in [0.4, 0.5) is 11.4 Å². The lowest BCUT2D eigenvalue weighted by Gasteiger charge is -2.36. The van der Waals surface area contributed by atoms with Crippen LogP contribution in [0.1, 0.15) is 18.4 Å². The molecule has 4 aliphatic rings. The average molecular weight is 442 g/mol. The van der Waals surface area contributed by atoms with Gasteiger partial charge < -0.3 is 5.32 Å². The van der Waals surface area contributed by atoms with Crippen LogP contribution in [0.25, 0.3) is 0 Å². The molecule has 3 amide bonds. The molecule has 0 bridgehead atoms. The molecule has 1 N–H and O–H groups in total. The minimum absolute atomic E-state index is 0.153. The van der Waals surface area contributed by atoms with E-state index in [9.17, 15) is 14.4 Å². The standard InChI is InChI=1S/C22H17Cl2N3O3/c23-11-6-8-12(9-7-11)27-19(28)16-15-5-2-10-26(15)22(17(16)20(27)29)13-3-1-4-14(24)18(13)25-21(22)30/h1,3-4,6-9,15-17H,2,5,10H2,(H,25,30)/t15-,16-,17-,22+/m1/s1. The molecule has 6 rings (SSSR count). The van der Waals surface area contributed by atoms with Gasteiger partial charge in [-0.15, -0.1) is 0 Å². The molecule has 2 aromatic rings. The van der Waals surface area contributed by atoms with Crippen LogP contribution < -0.4 is 10.2 Å². The van der Waals surface area contributed by atoms with Crippen molar-refractivity contribution < 1.29 is 14.4 Å². The number of para-hydroxylation sites is 1. The Labute approximate surface area is 182 Å². The number of anilines is 2. The van der Waals surface area contributed by atoms with Gasteiger partial charge in [0.05, 0.1) is 28.2 Å². The maximum atomic E-state index is 13.7. The lowest BCUT2D eigenvalue weighted by molar-refractivity contribution is -0.135. The summed E-state index contributed by atoms with van der Waals surface area (Å²) in [5.74, 6) is -2.21. The van der Waals surface area contributed by atoms with Crippen molar-refractivity contribution in [3.63, 3.8) is 0 Å². The van der Waals surface area contributed by atoms with Crippen molar-refractivity contribution in [3.8, 4) is 0 Å². The highest BCUT2D eigenvalue weighted by Gasteiger charge is 2.74. The summed E-state index contributed by atoms with van der Waals surface area (Å²) in [5, 5.41) is 3.87. The summed E-state index contributed by atoms with van der Waals surface area (Å²) in [6.07, 6.45) is 1.65. The van der Waals surface area contributed by atoms with Gasteiger partial charge >= 0.3 is 0 Å². The molecule has 0 aromatic heterocycles. The Kier molecular flexibility index (Phi) is 3.71. The van der Waals surface area contributed by atoms with Crippen molar-refractivity contribution in [3.05, 3.63) is 58.1 Å². The zero-order valence-corrected chi connectivity index (χ0v) is 17.3.